The van der Waals surface area contributed by atoms with Crippen LogP contribution in [0.1, 0.15) is 60.9 Å². The Labute approximate surface area is 131 Å². The van der Waals surface area contributed by atoms with Crippen LogP contribution in [-0.2, 0) is 11.3 Å². The molecule has 2 aliphatic rings. The van der Waals surface area contributed by atoms with Crippen LogP contribution in [0.25, 0.3) is 0 Å². The summed E-state index contributed by atoms with van der Waals surface area (Å²) in [6.45, 7) is 1.65. The van der Waals surface area contributed by atoms with Crippen LogP contribution in [0, 0.1) is 0 Å². The molecule has 4 nitrogen and oxygen atoms in total. The van der Waals surface area contributed by atoms with Gasteiger partial charge in [-0.15, -0.1) is 0 Å². The molecule has 2 N–H and O–H groups in total. The normalized spacial score (nSPS) is 24.3. The Morgan fingerprint density at radius 1 is 1.23 bits per heavy atom. The number of ether oxygens (including phenoxy) is 1. The second-order valence-corrected chi connectivity index (χ2v) is 6.66. The fourth-order valence-electron chi connectivity index (χ4n) is 3.77. The van der Waals surface area contributed by atoms with Gasteiger partial charge in [-0.2, -0.15) is 0 Å². The van der Waals surface area contributed by atoms with Gasteiger partial charge in [-0.3, -0.25) is 0 Å². The Kier molecular flexibility index (Phi) is 4.79. The van der Waals surface area contributed by atoms with Gasteiger partial charge in [0.1, 0.15) is 0 Å². The molecule has 22 heavy (non-hydrogen) atoms. The molecule has 1 aromatic rings. The molecular formula is C18H25NO3. The molecule has 0 aromatic heterocycles. The van der Waals surface area contributed by atoms with E-state index in [0.29, 0.717) is 11.6 Å². The van der Waals surface area contributed by atoms with E-state index >= 15 is 0 Å². The van der Waals surface area contributed by atoms with Gasteiger partial charge in [0.2, 0.25) is 0 Å². The predicted octanol–water partition coefficient (Wildman–Crippen LogP) is 3.36. The Hall–Kier alpha value is -1.39. The van der Waals surface area contributed by atoms with Crippen molar-refractivity contribution in [2.45, 2.75) is 63.1 Å². The van der Waals surface area contributed by atoms with Crippen LogP contribution in [0.4, 0.5) is 0 Å². The summed E-state index contributed by atoms with van der Waals surface area (Å²) in [6.07, 6.45) is 8.53. The smallest absolute Gasteiger partial charge is 0.335 e. The lowest BCUT2D eigenvalue weighted by Gasteiger charge is -2.43. The first kappa shape index (κ1) is 15.5. The topological polar surface area (TPSA) is 58.6 Å². The second-order valence-electron chi connectivity index (χ2n) is 6.66. The minimum atomic E-state index is -0.872. The maximum Gasteiger partial charge on any atom is 0.335 e. The van der Waals surface area contributed by atoms with Crippen LogP contribution in [0.15, 0.2) is 24.3 Å². The molecular weight excluding hydrogens is 278 g/mol. The van der Waals surface area contributed by atoms with Crippen LogP contribution in [-0.4, -0.2) is 29.3 Å². The van der Waals surface area contributed by atoms with Crippen molar-refractivity contribution in [2.24, 2.45) is 0 Å². The van der Waals surface area contributed by atoms with E-state index in [-0.39, 0.29) is 5.60 Å². The summed E-state index contributed by atoms with van der Waals surface area (Å²) in [5.41, 5.74) is 1.60. The first-order valence-corrected chi connectivity index (χ1v) is 8.36. The van der Waals surface area contributed by atoms with Crippen molar-refractivity contribution >= 4 is 5.97 Å². The van der Waals surface area contributed by atoms with Gasteiger partial charge in [0, 0.05) is 19.2 Å². The molecule has 1 unspecified atom stereocenters. The van der Waals surface area contributed by atoms with Crippen molar-refractivity contribution in [2.75, 3.05) is 6.61 Å². The van der Waals surface area contributed by atoms with E-state index in [4.69, 9.17) is 9.84 Å². The van der Waals surface area contributed by atoms with Crippen molar-refractivity contribution in [1.82, 2.24) is 5.32 Å². The number of aromatic carboxylic acids is 1. The predicted molar refractivity (Wildman–Crippen MR) is 85.0 cm³/mol. The number of hydrogen-bond donors (Lipinski definition) is 2. The number of carbonyl (C=O) groups is 1. The Morgan fingerprint density at radius 2 is 1.95 bits per heavy atom. The summed E-state index contributed by atoms with van der Waals surface area (Å²) in [6, 6.07) is 7.64. The molecule has 0 bridgehead atoms. The lowest BCUT2D eigenvalue weighted by Crippen LogP contribution is -2.47. The average Bonchev–Trinajstić information content (AvgIpc) is 2.54. The highest BCUT2D eigenvalue weighted by atomic mass is 16.5. The highest BCUT2D eigenvalue weighted by Gasteiger charge is 2.38. The molecule has 1 saturated heterocycles. The first-order chi connectivity index (χ1) is 10.7. The van der Waals surface area contributed by atoms with Gasteiger partial charge in [0.05, 0.1) is 11.2 Å². The van der Waals surface area contributed by atoms with Gasteiger partial charge >= 0.3 is 5.97 Å². The Balaban J connectivity index is 1.53. The van der Waals surface area contributed by atoms with Gasteiger partial charge in [-0.05, 0) is 43.4 Å². The highest BCUT2D eigenvalue weighted by molar-refractivity contribution is 5.87. The minimum Gasteiger partial charge on any atom is -0.478 e. The second kappa shape index (κ2) is 6.80. The maximum absolute atomic E-state index is 10.9. The number of carboxylic acid groups (broad SMARTS) is 1. The van der Waals surface area contributed by atoms with Gasteiger partial charge in [0.15, 0.2) is 0 Å². The van der Waals surface area contributed by atoms with Gasteiger partial charge in [-0.25, -0.2) is 4.79 Å². The molecule has 1 saturated carbocycles. The van der Waals surface area contributed by atoms with Crippen LogP contribution >= 0.6 is 0 Å². The van der Waals surface area contributed by atoms with Crippen LogP contribution in [0.2, 0.25) is 0 Å². The standard InChI is InChI=1S/C18H25NO3/c20-17(21)15-6-4-14(5-7-15)13-19-16-8-11-22-18(12-16)9-2-1-3-10-18/h4-7,16,19H,1-3,8-13H2,(H,20,21). The zero-order valence-electron chi connectivity index (χ0n) is 13.0. The summed E-state index contributed by atoms with van der Waals surface area (Å²) in [5, 5.41) is 12.6. The first-order valence-electron chi connectivity index (χ1n) is 8.36. The summed E-state index contributed by atoms with van der Waals surface area (Å²) < 4.78 is 6.13. The monoisotopic (exact) mass is 303 g/mol. The third-order valence-corrected chi connectivity index (χ3v) is 5.05. The van der Waals surface area contributed by atoms with Gasteiger partial charge in [0.25, 0.3) is 0 Å². The van der Waals surface area contributed by atoms with E-state index in [1.807, 2.05) is 12.1 Å². The van der Waals surface area contributed by atoms with Crippen molar-refractivity contribution in [3.05, 3.63) is 35.4 Å². The summed E-state index contributed by atoms with van der Waals surface area (Å²) in [5.74, 6) is -0.872. The Bertz CT molecular complexity index is 500. The SMILES string of the molecule is O=C(O)c1ccc(CNC2CCOC3(CCCCC3)C2)cc1. The summed E-state index contributed by atoms with van der Waals surface area (Å²) in [4.78, 5) is 10.9. The molecule has 1 heterocycles. The molecule has 1 atom stereocenters. The quantitative estimate of drug-likeness (QED) is 0.895. The number of carboxylic acids is 1. The molecule has 0 radical (unpaired) electrons. The van der Waals surface area contributed by atoms with Crippen molar-refractivity contribution in [3.63, 3.8) is 0 Å². The highest BCUT2D eigenvalue weighted by Crippen LogP contribution is 2.38. The molecule has 120 valence electrons. The molecule has 1 spiro atoms. The van der Waals surface area contributed by atoms with E-state index in [9.17, 15) is 4.79 Å². The van der Waals surface area contributed by atoms with E-state index in [1.54, 1.807) is 12.1 Å². The number of nitrogens with one attached hydrogen (secondary N) is 1. The largest absolute Gasteiger partial charge is 0.478 e. The van der Waals surface area contributed by atoms with Crippen molar-refractivity contribution < 1.29 is 14.6 Å². The number of rotatable bonds is 4. The zero-order valence-corrected chi connectivity index (χ0v) is 13.0. The maximum atomic E-state index is 10.9. The lowest BCUT2D eigenvalue weighted by atomic mass is 9.78. The number of benzene rings is 1. The molecule has 3 rings (SSSR count). The molecule has 2 fully saturated rings. The van der Waals surface area contributed by atoms with E-state index in [2.05, 4.69) is 5.32 Å². The lowest BCUT2D eigenvalue weighted by molar-refractivity contribution is -0.109. The summed E-state index contributed by atoms with van der Waals surface area (Å²) in [7, 11) is 0. The molecule has 1 aliphatic carbocycles. The van der Waals surface area contributed by atoms with Crippen LogP contribution < -0.4 is 5.32 Å². The third kappa shape index (κ3) is 3.68. The summed E-state index contributed by atoms with van der Waals surface area (Å²) >= 11 is 0. The minimum absolute atomic E-state index is 0.126. The van der Waals surface area contributed by atoms with Crippen LogP contribution in [0.3, 0.4) is 0 Å². The average molecular weight is 303 g/mol. The third-order valence-electron chi connectivity index (χ3n) is 5.05. The Morgan fingerprint density at radius 3 is 2.64 bits per heavy atom. The van der Waals surface area contributed by atoms with E-state index in [0.717, 1.165) is 31.6 Å². The molecule has 4 heteroatoms. The fourth-order valence-corrected chi connectivity index (χ4v) is 3.77. The van der Waals surface area contributed by atoms with Crippen molar-refractivity contribution in [1.29, 1.82) is 0 Å². The van der Waals surface area contributed by atoms with E-state index < -0.39 is 5.97 Å². The van der Waals surface area contributed by atoms with Gasteiger partial charge < -0.3 is 15.2 Å². The molecule has 0 amide bonds. The molecule has 1 aliphatic heterocycles. The van der Waals surface area contributed by atoms with Crippen LogP contribution in [0.5, 0.6) is 0 Å². The van der Waals surface area contributed by atoms with Crippen molar-refractivity contribution in [3.8, 4) is 0 Å². The van der Waals surface area contributed by atoms with E-state index in [1.165, 1.54) is 32.1 Å². The zero-order chi connectivity index (χ0) is 15.4. The van der Waals surface area contributed by atoms with Gasteiger partial charge in [-0.1, -0.05) is 31.4 Å². The number of hydrogen-bond acceptors (Lipinski definition) is 3. The molecule has 1 aromatic carbocycles. The fraction of sp³-hybridized carbons (Fsp3) is 0.611.